The van der Waals surface area contributed by atoms with Crippen LogP contribution in [0.1, 0.15) is 21.5 Å². The molecule has 0 bridgehead atoms. The predicted octanol–water partition coefficient (Wildman–Crippen LogP) is 2.07. The number of nitrogens with zero attached hydrogens (tertiary/aromatic N) is 1. The second kappa shape index (κ2) is 4.33. The van der Waals surface area contributed by atoms with Crippen LogP contribution in [0.3, 0.4) is 0 Å². The quantitative estimate of drug-likeness (QED) is 0.769. The molecule has 0 amide bonds. The maximum atomic E-state index is 12.4. The highest BCUT2D eigenvalue weighted by Gasteiger charge is 2.33. The summed E-state index contributed by atoms with van der Waals surface area (Å²) in [4.78, 5) is 11.2. The van der Waals surface area contributed by atoms with Crippen LogP contribution in [-0.4, -0.2) is 18.2 Å². The molecule has 0 fully saturated rings. The summed E-state index contributed by atoms with van der Waals surface area (Å²) >= 11 is 0. The molecule has 0 aliphatic heterocycles. The third-order valence-corrected chi connectivity index (χ3v) is 1.95. The van der Waals surface area contributed by atoms with Gasteiger partial charge in [0.25, 0.3) is 0 Å². The number of hydrogen-bond donors (Lipinski definition) is 1. The van der Waals surface area contributed by atoms with E-state index in [1.54, 1.807) is 0 Å². The van der Waals surface area contributed by atoms with E-state index >= 15 is 0 Å². The number of carbonyl (C=O) groups excluding carboxylic acids is 1. The number of nitriles is 1. The third kappa shape index (κ3) is 2.47. The van der Waals surface area contributed by atoms with Gasteiger partial charge in [-0.1, -0.05) is 0 Å². The third-order valence-electron chi connectivity index (χ3n) is 1.95. The van der Waals surface area contributed by atoms with Crippen molar-refractivity contribution in [3.05, 3.63) is 28.8 Å². The first-order chi connectivity index (χ1) is 7.81. The molecule has 0 spiro atoms. The molecule has 4 nitrogen and oxygen atoms in total. The van der Waals surface area contributed by atoms with Gasteiger partial charge in [-0.05, 0) is 12.1 Å². The van der Waals surface area contributed by atoms with Gasteiger partial charge in [0.05, 0.1) is 18.2 Å². The van der Waals surface area contributed by atoms with Gasteiger partial charge in [0.2, 0.25) is 0 Å². The van der Waals surface area contributed by atoms with Crippen molar-refractivity contribution in [2.75, 3.05) is 7.11 Å². The van der Waals surface area contributed by atoms with Crippen LogP contribution in [0.4, 0.5) is 13.2 Å². The number of alkyl halides is 3. The number of esters is 1. The second-order valence-corrected chi connectivity index (χ2v) is 3.02. The monoisotopic (exact) mass is 245 g/mol. The average Bonchev–Trinajstić information content (AvgIpc) is 2.25. The first kappa shape index (κ1) is 12.8. The molecule has 0 aliphatic rings. The van der Waals surface area contributed by atoms with Crippen molar-refractivity contribution in [3.8, 4) is 11.8 Å². The maximum absolute atomic E-state index is 12.4. The predicted molar refractivity (Wildman–Crippen MR) is 49.2 cm³/mol. The van der Waals surface area contributed by atoms with Crippen molar-refractivity contribution >= 4 is 5.97 Å². The molecular weight excluding hydrogens is 239 g/mol. The Morgan fingerprint density at radius 1 is 1.47 bits per heavy atom. The number of ether oxygens (including phenoxy) is 1. The van der Waals surface area contributed by atoms with Crippen LogP contribution < -0.4 is 0 Å². The molecule has 0 saturated heterocycles. The van der Waals surface area contributed by atoms with Crippen LogP contribution in [0.25, 0.3) is 0 Å². The SMILES string of the molecule is COC(=O)c1c(O)cc(C(F)(F)F)cc1C#N. The molecule has 0 aromatic heterocycles. The molecule has 90 valence electrons. The summed E-state index contributed by atoms with van der Waals surface area (Å²) in [5.74, 6) is -2.02. The Morgan fingerprint density at radius 2 is 2.06 bits per heavy atom. The summed E-state index contributed by atoms with van der Waals surface area (Å²) in [6.07, 6.45) is -4.71. The van der Waals surface area contributed by atoms with E-state index in [4.69, 9.17) is 5.26 Å². The van der Waals surface area contributed by atoms with Gasteiger partial charge in [0.15, 0.2) is 0 Å². The fourth-order valence-electron chi connectivity index (χ4n) is 1.20. The first-order valence-electron chi connectivity index (χ1n) is 4.24. The minimum absolute atomic E-state index is 0.368. The zero-order chi connectivity index (χ0) is 13.2. The molecule has 1 N–H and O–H groups in total. The van der Waals surface area contributed by atoms with Gasteiger partial charge >= 0.3 is 12.1 Å². The molecule has 1 aromatic rings. The summed E-state index contributed by atoms with van der Waals surface area (Å²) in [6.45, 7) is 0. The summed E-state index contributed by atoms with van der Waals surface area (Å²) in [5.41, 5.74) is -2.38. The fourth-order valence-corrected chi connectivity index (χ4v) is 1.20. The number of phenols is 1. The number of halogens is 3. The molecular formula is C10H6F3NO3. The number of phenolic OH excluding ortho intramolecular Hbond substituents is 1. The Morgan fingerprint density at radius 3 is 2.47 bits per heavy atom. The van der Waals surface area contributed by atoms with E-state index in [1.165, 1.54) is 6.07 Å². The van der Waals surface area contributed by atoms with Crippen molar-refractivity contribution in [2.24, 2.45) is 0 Å². The maximum Gasteiger partial charge on any atom is 0.416 e. The minimum Gasteiger partial charge on any atom is -0.507 e. The van der Waals surface area contributed by atoms with Crippen molar-refractivity contribution in [3.63, 3.8) is 0 Å². The zero-order valence-corrected chi connectivity index (χ0v) is 8.50. The molecule has 17 heavy (non-hydrogen) atoms. The molecule has 0 atom stereocenters. The van der Waals surface area contributed by atoms with Crippen LogP contribution in [0, 0.1) is 11.3 Å². The highest BCUT2D eigenvalue weighted by molar-refractivity contribution is 5.95. The van der Waals surface area contributed by atoms with Crippen molar-refractivity contribution in [1.82, 2.24) is 0 Å². The molecule has 0 heterocycles. The molecule has 0 unspecified atom stereocenters. The lowest BCUT2D eigenvalue weighted by Gasteiger charge is -2.10. The number of aromatic hydroxyl groups is 1. The second-order valence-electron chi connectivity index (χ2n) is 3.02. The van der Waals surface area contributed by atoms with Crippen LogP contribution in [0.15, 0.2) is 12.1 Å². The number of rotatable bonds is 1. The van der Waals surface area contributed by atoms with E-state index in [0.717, 1.165) is 7.11 Å². The van der Waals surface area contributed by atoms with Gasteiger partial charge in [0, 0.05) is 0 Å². The molecule has 0 aliphatic carbocycles. The molecule has 7 heteroatoms. The minimum atomic E-state index is -4.71. The summed E-state index contributed by atoms with van der Waals surface area (Å²) in [7, 11) is 0.987. The van der Waals surface area contributed by atoms with Crippen LogP contribution >= 0.6 is 0 Å². The van der Waals surface area contributed by atoms with Crippen LogP contribution in [0.2, 0.25) is 0 Å². The normalized spacial score (nSPS) is 10.8. The van der Waals surface area contributed by atoms with Crippen LogP contribution in [0.5, 0.6) is 5.75 Å². The van der Waals surface area contributed by atoms with Gasteiger partial charge in [-0.25, -0.2) is 4.79 Å². The Kier molecular flexibility index (Phi) is 3.27. The van der Waals surface area contributed by atoms with Gasteiger partial charge in [-0.15, -0.1) is 0 Å². The van der Waals surface area contributed by atoms with Crippen molar-refractivity contribution < 1.29 is 27.8 Å². The number of carbonyl (C=O) groups is 1. The summed E-state index contributed by atoms with van der Waals surface area (Å²) < 4.78 is 41.3. The summed E-state index contributed by atoms with van der Waals surface area (Å²) in [6, 6.07) is 2.25. The van der Waals surface area contributed by atoms with Crippen molar-refractivity contribution in [2.45, 2.75) is 6.18 Å². The molecule has 1 rings (SSSR count). The van der Waals surface area contributed by atoms with E-state index in [1.807, 2.05) is 0 Å². The first-order valence-corrected chi connectivity index (χ1v) is 4.24. The van der Waals surface area contributed by atoms with Gasteiger partial charge in [0.1, 0.15) is 17.4 Å². The Balaban J connectivity index is 3.48. The average molecular weight is 245 g/mol. The topological polar surface area (TPSA) is 70.3 Å². The van der Waals surface area contributed by atoms with E-state index in [-0.39, 0.29) is 0 Å². The lowest BCUT2D eigenvalue weighted by molar-refractivity contribution is -0.137. The lowest BCUT2D eigenvalue weighted by Crippen LogP contribution is -2.10. The lowest BCUT2D eigenvalue weighted by atomic mass is 10.0. The van der Waals surface area contributed by atoms with E-state index < -0.39 is 34.6 Å². The Hall–Kier alpha value is -2.23. The van der Waals surface area contributed by atoms with Gasteiger partial charge in [-0.2, -0.15) is 18.4 Å². The zero-order valence-electron chi connectivity index (χ0n) is 8.50. The number of benzene rings is 1. The molecule has 0 saturated carbocycles. The fraction of sp³-hybridized carbons (Fsp3) is 0.200. The number of methoxy groups -OCH3 is 1. The number of hydrogen-bond acceptors (Lipinski definition) is 4. The van der Waals surface area contributed by atoms with Crippen LogP contribution in [-0.2, 0) is 10.9 Å². The largest absolute Gasteiger partial charge is 0.507 e. The standard InChI is InChI=1S/C10H6F3NO3/c1-17-9(16)8-5(4-14)2-6(3-7(8)15)10(11,12)13/h2-3,15H,1H3. The van der Waals surface area contributed by atoms with Gasteiger partial charge in [-0.3, -0.25) is 0 Å². The van der Waals surface area contributed by atoms with E-state index in [0.29, 0.717) is 12.1 Å². The highest BCUT2D eigenvalue weighted by atomic mass is 19.4. The smallest absolute Gasteiger partial charge is 0.416 e. The highest BCUT2D eigenvalue weighted by Crippen LogP contribution is 2.34. The Bertz CT molecular complexity index is 503. The van der Waals surface area contributed by atoms with E-state index in [9.17, 15) is 23.1 Å². The summed E-state index contributed by atoms with van der Waals surface area (Å²) in [5, 5.41) is 18.0. The molecule has 0 radical (unpaired) electrons. The van der Waals surface area contributed by atoms with Crippen molar-refractivity contribution in [1.29, 1.82) is 5.26 Å². The Labute approximate surface area is 93.8 Å². The van der Waals surface area contributed by atoms with Gasteiger partial charge < -0.3 is 9.84 Å². The van der Waals surface area contributed by atoms with E-state index in [2.05, 4.69) is 4.74 Å². The molecule has 1 aromatic carbocycles.